The summed E-state index contributed by atoms with van der Waals surface area (Å²) in [5, 5.41) is 2.59. The number of hydrogen-bond donors (Lipinski definition) is 1. The van der Waals surface area contributed by atoms with Crippen LogP contribution in [0.1, 0.15) is 16.8 Å². The molecule has 150 valence electrons. The van der Waals surface area contributed by atoms with Gasteiger partial charge in [-0.15, -0.1) is 0 Å². The largest absolute Gasteiger partial charge is 0.487 e. The Morgan fingerprint density at radius 3 is 2.68 bits per heavy atom. The van der Waals surface area contributed by atoms with Gasteiger partial charge in [0, 0.05) is 44.5 Å². The van der Waals surface area contributed by atoms with Crippen molar-refractivity contribution in [2.45, 2.75) is 19.3 Å². The van der Waals surface area contributed by atoms with Crippen molar-refractivity contribution in [1.82, 2.24) is 15.2 Å². The number of alkyl halides is 3. The minimum absolute atomic E-state index is 0.0244. The Kier molecular flexibility index (Phi) is 5.83. The number of nitrogens with one attached hydrogen (secondary N) is 1. The van der Waals surface area contributed by atoms with E-state index >= 15 is 0 Å². The van der Waals surface area contributed by atoms with Gasteiger partial charge >= 0.3 is 6.18 Å². The topological polar surface area (TPSA) is 54.5 Å². The van der Waals surface area contributed by atoms with Gasteiger partial charge in [-0.05, 0) is 18.2 Å². The first-order chi connectivity index (χ1) is 13.3. The van der Waals surface area contributed by atoms with E-state index in [-0.39, 0.29) is 29.9 Å². The van der Waals surface area contributed by atoms with Crippen LogP contribution in [0.5, 0.6) is 5.75 Å². The van der Waals surface area contributed by atoms with E-state index in [2.05, 4.69) is 10.3 Å². The molecule has 0 radical (unpaired) electrons. The summed E-state index contributed by atoms with van der Waals surface area (Å²) < 4.78 is 57.8. The van der Waals surface area contributed by atoms with Crippen molar-refractivity contribution in [3.63, 3.8) is 0 Å². The first kappa shape index (κ1) is 20.1. The van der Waals surface area contributed by atoms with Gasteiger partial charge in [-0.2, -0.15) is 13.2 Å². The Morgan fingerprint density at radius 1 is 1.29 bits per heavy atom. The highest BCUT2D eigenvalue weighted by Crippen LogP contribution is 2.29. The van der Waals surface area contributed by atoms with E-state index in [1.165, 1.54) is 6.07 Å². The molecule has 0 unspecified atom stereocenters. The van der Waals surface area contributed by atoms with Gasteiger partial charge in [-0.3, -0.25) is 14.7 Å². The van der Waals surface area contributed by atoms with Crippen LogP contribution in [0.2, 0.25) is 0 Å². The number of carbonyl (C=O) groups excluding carboxylic acids is 1. The summed E-state index contributed by atoms with van der Waals surface area (Å²) >= 11 is 0. The summed E-state index contributed by atoms with van der Waals surface area (Å²) in [6.07, 6.45) is -3.40. The fourth-order valence-electron chi connectivity index (χ4n) is 2.95. The number of amides is 1. The summed E-state index contributed by atoms with van der Waals surface area (Å²) in [4.78, 5) is 17.3. The van der Waals surface area contributed by atoms with Crippen LogP contribution in [0.15, 0.2) is 36.5 Å². The van der Waals surface area contributed by atoms with Crippen molar-refractivity contribution < 1.29 is 27.1 Å². The summed E-state index contributed by atoms with van der Waals surface area (Å²) in [5.41, 5.74) is -0.257. The zero-order valence-electron chi connectivity index (χ0n) is 15.1. The molecule has 0 spiro atoms. The average molecular weight is 397 g/mol. The normalized spacial score (nSPS) is 15.2. The van der Waals surface area contributed by atoms with Crippen molar-refractivity contribution in [2.24, 2.45) is 5.92 Å². The standard InChI is InChI=1S/C19H19F4N3O2/c1-24-18(27)13-9-26(10-13)8-12-2-3-16(7-17(12)20)28-11-15-6-14(4-5-25-15)19(21,22)23/h2-7,13H,8-11H2,1H3,(H,24,27). The highest BCUT2D eigenvalue weighted by molar-refractivity contribution is 5.79. The van der Waals surface area contributed by atoms with E-state index in [1.54, 1.807) is 19.2 Å². The number of hydrogen-bond acceptors (Lipinski definition) is 4. The third-order valence-corrected chi connectivity index (χ3v) is 4.52. The zero-order valence-corrected chi connectivity index (χ0v) is 15.1. The van der Waals surface area contributed by atoms with E-state index in [0.29, 0.717) is 25.2 Å². The molecule has 1 aromatic carbocycles. The van der Waals surface area contributed by atoms with E-state index in [9.17, 15) is 22.4 Å². The monoisotopic (exact) mass is 397 g/mol. The Bertz CT molecular complexity index is 851. The number of likely N-dealkylation sites (tertiary alicyclic amines) is 1. The predicted molar refractivity (Wildman–Crippen MR) is 92.8 cm³/mol. The summed E-state index contributed by atoms with van der Waals surface area (Å²) in [6, 6.07) is 6.10. The van der Waals surface area contributed by atoms with Crippen molar-refractivity contribution in [2.75, 3.05) is 20.1 Å². The second-order valence-corrected chi connectivity index (χ2v) is 6.58. The molecule has 1 amide bonds. The molecule has 2 aromatic rings. The highest BCUT2D eigenvalue weighted by Gasteiger charge is 2.32. The summed E-state index contributed by atoms with van der Waals surface area (Å²) in [5.74, 6) is -0.371. The molecule has 3 rings (SSSR count). The van der Waals surface area contributed by atoms with E-state index < -0.39 is 17.6 Å². The molecule has 9 heteroatoms. The van der Waals surface area contributed by atoms with E-state index in [0.717, 1.165) is 18.3 Å². The van der Waals surface area contributed by atoms with Gasteiger partial charge in [-0.1, -0.05) is 6.07 Å². The van der Waals surface area contributed by atoms with Crippen molar-refractivity contribution >= 4 is 5.91 Å². The van der Waals surface area contributed by atoms with Crippen LogP contribution in [-0.2, 0) is 24.1 Å². The smallest absolute Gasteiger partial charge is 0.416 e. The van der Waals surface area contributed by atoms with Gasteiger partial charge < -0.3 is 10.1 Å². The second-order valence-electron chi connectivity index (χ2n) is 6.58. The minimum atomic E-state index is -4.46. The molecule has 5 nitrogen and oxygen atoms in total. The van der Waals surface area contributed by atoms with Gasteiger partial charge in [-0.25, -0.2) is 4.39 Å². The van der Waals surface area contributed by atoms with Crippen molar-refractivity contribution in [3.8, 4) is 5.75 Å². The second kappa shape index (κ2) is 8.14. The van der Waals surface area contributed by atoms with Gasteiger partial charge in [0.1, 0.15) is 18.2 Å². The molecule has 1 N–H and O–H groups in total. The fourth-order valence-corrected chi connectivity index (χ4v) is 2.95. The maximum Gasteiger partial charge on any atom is 0.416 e. The number of carbonyl (C=O) groups is 1. The van der Waals surface area contributed by atoms with Crippen LogP contribution >= 0.6 is 0 Å². The Hall–Kier alpha value is -2.68. The lowest BCUT2D eigenvalue weighted by molar-refractivity contribution is -0.137. The number of benzene rings is 1. The van der Waals surface area contributed by atoms with Gasteiger partial charge in [0.15, 0.2) is 0 Å². The maximum atomic E-state index is 14.3. The van der Waals surface area contributed by atoms with Crippen molar-refractivity contribution in [1.29, 1.82) is 0 Å². The van der Waals surface area contributed by atoms with Crippen LogP contribution in [0, 0.1) is 11.7 Å². The molecule has 1 fully saturated rings. The third-order valence-electron chi connectivity index (χ3n) is 4.52. The number of halogens is 4. The lowest BCUT2D eigenvalue weighted by atomic mass is 9.98. The number of rotatable bonds is 6. The molecule has 1 saturated heterocycles. The molecular weight excluding hydrogens is 378 g/mol. The molecular formula is C19H19F4N3O2. The van der Waals surface area contributed by atoms with E-state index in [4.69, 9.17) is 4.74 Å². The molecule has 1 aliphatic heterocycles. The Balaban J connectivity index is 1.56. The number of ether oxygens (including phenoxy) is 1. The lowest BCUT2D eigenvalue weighted by Crippen LogP contribution is -2.52. The van der Waals surface area contributed by atoms with E-state index in [1.807, 2.05) is 4.90 Å². The highest BCUT2D eigenvalue weighted by atomic mass is 19.4. The summed E-state index contributed by atoms with van der Waals surface area (Å²) in [7, 11) is 1.58. The fraction of sp³-hybridized carbons (Fsp3) is 0.368. The molecule has 0 aliphatic carbocycles. The van der Waals surface area contributed by atoms with Crippen molar-refractivity contribution in [3.05, 3.63) is 59.2 Å². The van der Waals surface area contributed by atoms with Gasteiger partial charge in [0.05, 0.1) is 17.2 Å². The zero-order chi connectivity index (χ0) is 20.3. The van der Waals surface area contributed by atoms with Crippen LogP contribution in [0.4, 0.5) is 17.6 Å². The van der Waals surface area contributed by atoms with Gasteiger partial charge in [0.2, 0.25) is 5.91 Å². The predicted octanol–water partition coefficient (Wildman–Crippen LogP) is 3.00. The minimum Gasteiger partial charge on any atom is -0.487 e. The first-order valence-corrected chi connectivity index (χ1v) is 8.63. The molecule has 0 atom stereocenters. The van der Waals surface area contributed by atoms with Crippen LogP contribution in [0.25, 0.3) is 0 Å². The number of pyridine rings is 1. The molecule has 0 saturated carbocycles. The molecule has 0 bridgehead atoms. The lowest BCUT2D eigenvalue weighted by Gasteiger charge is -2.38. The quantitative estimate of drug-likeness (QED) is 0.762. The van der Waals surface area contributed by atoms with Crippen LogP contribution < -0.4 is 10.1 Å². The number of nitrogens with zero attached hydrogens (tertiary/aromatic N) is 2. The molecule has 2 heterocycles. The number of aromatic nitrogens is 1. The summed E-state index contributed by atoms with van der Waals surface area (Å²) in [6.45, 7) is 1.30. The average Bonchev–Trinajstić information content (AvgIpc) is 2.63. The van der Waals surface area contributed by atoms with Gasteiger partial charge in [0.25, 0.3) is 0 Å². The Labute approximate surface area is 159 Å². The molecule has 1 aliphatic rings. The van der Waals surface area contributed by atoms with Crippen LogP contribution in [0.3, 0.4) is 0 Å². The van der Waals surface area contributed by atoms with Crippen LogP contribution in [-0.4, -0.2) is 35.9 Å². The SMILES string of the molecule is CNC(=O)C1CN(Cc2ccc(OCc3cc(C(F)(F)F)ccn3)cc2F)C1. The maximum absolute atomic E-state index is 14.3. The first-order valence-electron chi connectivity index (χ1n) is 8.63. The molecule has 1 aromatic heterocycles. The third kappa shape index (κ3) is 4.78. The Morgan fingerprint density at radius 2 is 2.04 bits per heavy atom. The molecule has 28 heavy (non-hydrogen) atoms.